The van der Waals surface area contributed by atoms with E-state index in [1.807, 2.05) is 6.07 Å². The van der Waals surface area contributed by atoms with E-state index in [-0.39, 0.29) is 0 Å². The van der Waals surface area contributed by atoms with Crippen molar-refractivity contribution in [2.75, 3.05) is 33.0 Å². The van der Waals surface area contributed by atoms with E-state index in [1.54, 1.807) is 6.20 Å². The summed E-state index contributed by atoms with van der Waals surface area (Å²) >= 11 is 0. The summed E-state index contributed by atoms with van der Waals surface area (Å²) < 4.78 is 10.9. The molecule has 1 aromatic heterocycles. The topological polar surface area (TPSA) is 47.5 Å². The number of hydrogen-bond acceptors (Lipinski definition) is 5. The molecule has 0 bridgehead atoms. The van der Waals surface area contributed by atoms with Crippen LogP contribution >= 0.6 is 0 Å². The maximum atomic E-state index is 5.49. The van der Waals surface area contributed by atoms with Gasteiger partial charge in [-0.05, 0) is 37.7 Å². The standard InChI is InChI=1S/C21H25N3O2/c1-2-18(16-24(11-1)19-8-14-26-15-9-19)20-5-10-22-21(23-20)4-3-17-6-12-25-13-7-17/h1-2,5,10,16-17,19H,6-9,11-15H2. The summed E-state index contributed by atoms with van der Waals surface area (Å²) in [7, 11) is 0. The molecule has 3 aliphatic rings. The van der Waals surface area contributed by atoms with Gasteiger partial charge in [-0.15, -0.1) is 0 Å². The lowest BCUT2D eigenvalue weighted by Crippen LogP contribution is -2.37. The number of allylic oxidation sites excluding steroid dienone is 2. The third-order valence-electron chi connectivity index (χ3n) is 5.14. The summed E-state index contributed by atoms with van der Waals surface area (Å²) in [6, 6.07) is 2.52. The normalized spacial score (nSPS) is 21.8. The Morgan fingerprint density at radius 3 is 2.62 bits per heavy atom. The number of nitrogens with zero attached hydrogens (tertiary/aromatic N) is 3. The highest BCUT2D eigenvalue weighted by atomic mass is 16.5. The van der Waals surface area contributed by atoms with Crippen LogP contribution in [0.5, 0.6) is 0 Å². The number of rotatable bonds is 2. The average molecular weight is 351 g/mol. The molecule has 2 fully saturated rings. The molecule has 0 amide bonds. The quantitative estimate of drug-likeness (QED) is 0.767. The minimum Gasteiger partial charge on any atom is -0.381 e. The van der Waals surface area contributed by atoms with Crippen molar-refractivity contribution >= 4 is 5.57 Å². The Kier molecular flexibility index (Phi) is 5.63. The van der Waals surface area contributed by atoms with Gasteiger partial charge < -0.3 is 14.4 Å². The van der Waals surface area contributed by atoms with Crippen molar-refractivity contribution in [3.8, 4) is 11.8 Å². The molecule has 0 atom stereocenters. The monoisotopic (exact) mass is 351 g/mol. The van der Waals surface area contributed by atoms with Crippen molar-refractivity contribution in [3.05, 3.63) is 42.1 Å². The van der Waals surface area contributed by atoms with Crippen molar-refractivity contribution < 1.29 is 9.47 Å². The second kappa shape index (κ2) is 8.48. The first-order valence-corrected chi connectivity index (χ1v) is 9.53. The van der Waals surface area contributed by atoms with Crippen LogP contribution in [0.3, 0.4) is 0 Å². The van der Waals surface area contributed by atoms with Gasteiger partial charge >= 0.3 is 0 Å². The first-order valence-electron chi connectivity index (χ1n) is 9.53. The molecular weight excluding hydrogens is 326 g/mol. The van der Waals surface area contributed by atoms with E-state index in [4.69, 9.17) is 9.47 Å². The average Bonchev–Trinajstić information content (AvgIpc) is 2.74. The molecule has 4 rings (SSSR count). The molecule has 26 heavy (non-hydrogen) atoms. The molecule has 2 saturated heterocycles. The van der Waals surface area contributed by atoms with Crippen LogP contribution < -0.4 is 0 Å². The predicted molar refractivity (Wildman–Crippen MR) is 100 cm³/mol. The number of ether oxygens (including phenoxy) is 2. The van der Waals surface area contributed by atoms with Gasteiger partial charge in [0.15, 0.2) is 0 Å². The Hall–Kier alpha value is -2.16. The van der Waals surface area contributed by atoms with Gasteiger partial charge in [0.05, 0.1) is 5.69 Å². The lowest BCUT2D eigenvalue weighted by atomic mass is 10.0. The highest BCUT2D eigenvalue weighted by Crippen LogP contribution is 2.23. The van der Waals surface area contributed by atoms with Crippen LogP contribution in [0, 0.1) is 17.8 Å². The summed E-state index contributed by atoms with van der Waals surface area (Å²) in [6.45, 7) is 4.27. The minimum atomic E-state index is 0.397. The molecule has 0 spiro atoms. The zero-order valence-electron chi connectivity index (χ0n) is 15.1. The summed E-state index contributed by atoms with van der Waals surface area (Å²) in [6.07, 6.45) is 12.6. The van der Waals surface area contributed by atoms with Crippen LogP contribution in [0.15, 0.2) is 30.6 Å². The molecule has 0 saturated carbocycles. The fourth-order valence-corrected chi connectivity index (χ4v) is 3.59. The van der Waals surface area contributed by atoms with Crippen molar-refractivity contribution in [2.24, 2.45) is 5.92 Å². The van der Waals surface area contributed by atoms with Gasteiger partial charge in [-0.1, -0.05) is 18.1 Å². The first-order chi connectivity index (χ1) is 12.9. The molecule has 5 heteroatoms. The molecule has 1 aromatic rings. The Labute approximate surface area is 155 Å². The zero-order chi connectivity index (χ0) is 17.6. The number of aromatic nitrogens is 2. The van der Waals surface area contributed by atoms with Crippen LogP contribution in [0.25, 0.3) is 5.57 Å². The van der Waals surface area contributed by atoms with Crippen LogP contribution in [0.4, 0.5) is 0 Å². The van der Waals surface area contributed by atoms with E-state index >= 15 is 0 Å². The lowest BCUT2D eigenvalue weighted by molar-refractivity contribution is 0.0523. The van der Waals surface area contributed by atoms with Gasteiger partial charge in [-0.25, -0.2) is 9.97 Å². The van der Waals surface area contributed by atoms with Gasteiger partial charge in [0.25, 0.3) is 0 Å². The third-order valence-corrected chi connectivity index (χ3v) is 5.14. The Morgan fingerprint density at radius 2 is 1.81 bits per heavy atom. The number of hydrogen-bond donors (Lipinski definition) is 0. The van der Waals surface area contributed by atoms with Gasteiger partial charge in [-0.3, -0.25) is 0 Å². The summed E-state index contributed by atoms with van der Waals surface area (Å²) in [4.78, 5) is 11.4. The maximum Gasteiger partial charge on any atom is 0.205 e. The minimum absolute atomic E-state index is 0.397. The van der Waals surface area contributed by atoms with E-state index < -0.39 is 0 Å². The zero-order valence-corrected chi connectivity index (χ0v) is 15.1. The van der Waals surface area contributed by atoms with Gasteiger partial charge in [0, 0.05) is 62.9 Å². The summed E-state index contributed by atoms with van der Waals surface area (Å²) in [5, 5.41) is 0. The summed E-state index contributed by atoms with van der Waals surface area (Å²) in [5.41, 5.74) is 2.06. The van der Waals surface area contributed by atoms with Crippen molar-refractivity contribution in [1.82, 2.24) is 14.9 Å². The van der Waals surface area contributed by atoms with E-state index in [1.165, 1.54) is 0 Å². The molecule has 0 radical (unpaired) electrons. The Morgan fingerprint density at radius 1 is 1.04 bits per heavy atom. The van der Waals surface area contributed by atoms with Crippen LogP contribution in [-0.4, -0.2) is 53.9 Å². The fourth-order valence-electron chi connectivity index (χ4n) is 3.59. The highest BCUT2D eigenvalue weighted by Gasteiger charge is 2.20. The Bertz CT molecular complexity index is 735. The third kappa shape index (κ3) is 4.32. The highest BCUT2D eigenvalue weighted by molar-refractivity contribution is 5.72. The van der Waals surface area contributed by atoms with Gasteiger partial charge in [0.2, 0.25) is 5.82 Å². The van der Waals surface area contributed by atoms with Crippen LogP contribution in [0.1, 0.15) is 37.2 Å². The van der Waals surface area contributed by atoms with Gasteiger partial charge in [-0.2, -0.15) is 0 Å². The molecule has 0 aliphatic carbocycles. The lowest BCUT2D eigenvalue weighted by Gasteiger charge is -2.34. The molecule has 3 aliphatic heterocycles. The largest absolute Gasteiger partial charge is 0.381 e. The molecule has 0 unspecified atom stereocenters. The predicted octanol–water partition coefficient (Wildman–Crippen LogP) is 2.65. The SMILES string of the molecule is C(#CC1CCOCC1)c1nccc(C2=CN(C3CCOCC3)CC=C2)n1. The molecule has 0 aromatic carbocycles. The molecule has 136 valence electrons. The van der Waals surface area contributed by atoms with Crippen molar-refractivity contribution in [1.29, 1.82) is 0 Å². The van der Waals surface area contributed by atoms with E-state index in [0.29, 0.717) is 17.8 Å². The smallest absolute Gasteiger partial charge is 0.205 e. The van der Waals surface area contributed by atoms with Crippen LogP contribution in [0.2, 0.25) is 0 Å². The molecule has 5 nitrogen and oxygen atoms in total. The van der Waals surface area contributed by atoms with Crippen molar-refractivity contribution in [2.45, 2.75) is 31.7 Å². The molecule has 4 heterocycles. The van der Waals surface area contributed by atoms with Crippen LogP contribution in [-0.2, 0) is 9.47 Å². The first kappa shape index (κ1) is 17.3. The van der Waals surface area contributed by atoms with E-state index in [2.05, 4.69) is 45.1 Å². The maximum absolute atomic E-state index is 5.49. The van der Waals surface area contributed by atoms with Crippen molar-refractivity contribution in [3.63, 3.8) is 0 Å². The fraction of sp³-hybridized carbons (Fsp3) is 0.524. The second-order valence-electron chi connectivity index (χ2n) is 6.95. The van der Waals surface area contributed by atoms with Gasteiger partial charge in [0.1, 0.15) is 0 Å². The Balaban J connectivity index is 1.49. The molecule has 0 N–H and O–H groups in total. The van der Waals surface area contributed by atoms with E-state index in [9.17, 15) is 0 Å². The second-order valence-corrected chi connectivity index (χ2v) is 6.95. The summed E-state index contributed by atoms with van der Waals surface area (Å²) in [5.74, 6) is 7.47. The van der Waals surface area contributed by atoms with E-state index in [0.717, 1.165) is 69.9 Å². The molecular formula is C21H25N3O2.